The molecule has 11 heteroatoms. The van der Waals surface area contributed by atoms with E-state index in [4.69, 9.17) is 30.5 Å². The Balaban J connectivity index is 1.97. The number of carbonyl (C=O) groups excluding carboxylic acids is 1. The first kappa shape index (κ1) is 30.1. The van der Waals surface area contributed by atoms with Crippen LogP contribution in [-0.2, 0) is 9.53 Å². The Labute approximate surface area is 255 Å². The lowest BCUT2D eigenvalue weighted by Gasteiger charge is -2.25. The first-order valence-electron chi connectivity index (χ1n) is 12.8. The number of hydrogen-bond acceptors (Lipinski definition) is 8. The van der Waals surface area contributed by atoms with E-state index in [1.807, 2.05) is 26.8 Å². The largest absolute Gasteiger partial charge is 0.493 e. The van der Waals surface area contributed by atoms with E-state index in [1.165, 1.54) is 15.9 Å². The van der Waals surface area contributed by atoms with Crippen molar-refractivity contribution in [1.82, 2.24) is 4.57 Å². The van der Waals surface area contributed by atoms with Crippen LogP contribution in [0.15, 0.2) is 51.4 Å². The molecule has 0 bridgehead atoms. The van der Waals surface area contributed by atoms with Crippen LogP contribution in [0.2, 0.25) is 5.02 Å². The molecule has 40 heavy (non-hydrogen) atoms. The lowest BCUT2D eigenvalue weighted by atomic mass is 9.95. The van der Waals surface area contributed by atoms with Gasteiger partial charge in [0.2, 0.25) is 0 Å². The molecule has 2 heterocycles. The second-order valence-electron chi connectivity index (χ2n) is 9.12. The number of hydrogen-bond donors (Lipinski definition) is 0. The molecule has 4 rings (SSSR count). The summed E-state index contributed by atoms with van der Waals surface area (Å²) in [6.07, 6.45) is 1.69. The summed E-state index contributed by atoms with van der Waals surface area (Å²) in [5.74, 6) is 1.16. The van der Waals surface area contributed by atoms with Crippen molar-refractivity contribution in [2.24, 2.45) is 4.99 Å². The van der Waals surface area contributed by atoms with Crippen LogP contribution >= 0.6 is 45.5 Å². The molecule has 2 aromatic carbocycles. The van der Waals surface area contributed by atoms with Gasteiger partial charge in [0, 0.05) is 10.6 Å². The molecule has 0 saturated heterocycles. The molecule has 0 spiro atoms. The molecule has 1 aliphatic heterocycles. The van der Waals surface area contributed by atoms with Crippen LogP contribution in [-0.4, -0.2) is 37.0 Å². The number of aromatic nitrogens is 1. The smallest absolute Gasteiger partial charge is 0.338 e. The van der Waals surface area contributed by atoms with Crippen LogP contribution in [0.4, 0.5) is 0 Å². The van der Waals surface area contributed by atoms with Crippen molar-refractivity contribution in [3.63, 3.8) is 0 Å². The molecule has 8 nitrogen and oxygen atoms in total. The fraction of sp³-hybridized carbons (Fsp3) is 0.345. The van der Waals surface area contributed by atoms with Gasteiger partial charge in [-0.15, -0.1) is 0 Å². The molecular weight excluding hydrogens is 667 g/mol. The topological polar surface area (TPSA) is 88.4 Å². The molecule has 0 N–H and O–H groups in total. The second kappa shape index (κ2) is 12.8. The minimum absolute atomic E-state index is 0.0641. The zero-order valence-corrected chi connectivity index (χ0v) is 26.8. The van der Waals surface area contributed by atoms with Crippen LogP contribution in [0.25, 0.3) is 6.08 Å². The average molecular weight is 697 g/mol. The van der Waals surface area contributed by atoms with E-state index in [-0.39, 0.29) is 23.8 Å². The third kappa shape index (κ3) is 6.08. The van der Waals surface area contributed by atoms with Crippen molar-refractivity contribution >= 4 is 57.6 Å². The van der Waals surface area contributed by atoms with E-state index in [0.29, 0.717) is 55.0 Å². The number of thiazole rings is 1. The summed E-state index contributed by atoms with van der Waals surface area (Å²) in [6.45, 7) is 9.87. The number of nitrogens with zero attached hydrogens (tertiary/aromatic N) is 2. The Hall–Kier alpha value is -2.83. The second-order valence-corrected chi connectivity index (χ2v) is 11.7. The molecule has 0 fully saturated rings. The number of fused-ring (bicyclic) bond motifs is 1. The van der Waals surface area contributed by atoms with Crippen molar-refractivity contribution in [3.8, 4) is 17.2 Å². The summed E-state index contributed by atoms with van der Waals surface area (Å²) in [4.78, 5) is 32.3. The number of esters is 1. The van der Waals surface area contributed by atoms with Gasteiger partial charge < -0.3 is 18.9 Å². The van der Waals surface area contributed by atoms with Crippen LogP contribution in [0.1, 0.15) is 51.8 Å². The molecule has 0 radical (unpaired) electrons. The molecule has 0 aliphatic carbocycles. The average Bonchev–Trinajstić information content (AvgIpc) is 3.19. The molecular formula is C29H30ClIN2O6S. The molecule has 1 aromatic heterocycles. The Kier molecular flexibility index (Phi) is 9.63. The Morgan fingerprint density at radius 3 is 2.60 bits per heavy atom. The van der Waals surface area contributed by atoms with Gasteiger partial charge in [0.25, 0.3) is 5.56 Å². The number of carbonyl (C=O) groups is 1. The van der Waals surface area contributed by atoms with E-state index in [0.717, 1.165) is 3.57 Å². The number of benzene rings is 2. The van der Waals surface area contributed by atoms with E-state index in [9.17, 15) is 9.59 Å². The van der Waals surface area contributed by atoms with Crippen molar-refractivity contribution in [3.05, 3.63) is 81.0 Å². The summed E-state index contributed by atoms with van der Waals surface area (Å²) in [5, 5.41) is 0.529. The molecule has 0 unspecified atom stereocenters. The van der Waals surface area contributed by atoms with Gasteiger partial charge in [-0.2, -0.15) is 0 Å². The van der Waals surface area contributed by atoms with E-state index >= 15 is 0 Å². The van der Waals surface area contributed by atoms with Gasteiger partial charge in [-0.1, -0.05) is 29.0 Å². The van der Waals surface area contributed by atoms with Crippen LogP contribution in [0, 0.1) is 3.57 Å². The standard InChI is InChI=1S/C29H30ClIN2O6S/c1-7-37-26-18(11-19(30)14-20(26)31)13-23-27(34)33-25(17-9-10-21(39-15(3)4)22(12-17)36-6)24(28(35)38-8-2)16(5)32-29(33)40-23/h9-15,25H,7-8H2,1-6H3/b23-13+/t25-/m0/s1. The van der Waals surface area contributed by atoms with Gasteiger partial charge in [-0.05, 0) is 93.1 Å². The van der Waals surface area contributed by atoms with Crippen LogP contribution < -0.4 is 29.1 Å². The van der Waals surface area contributed by atoms with Crippen LogP contribution in [0.3, 0.4) is 0 Å². The Morgan fingerprint density at radius 1 is 1.20 bits per heavy atom. The van der Waals surface area contributed by atoms with E-state index in [2.05, 4.69) is 27.6 Å². The summed E-state index contributed by atoms with van der Waals surface area (Å²) in [7, 11) is 1.55. The van der Waals surface area contributed by atoms with Gasteiger partial charge in [-0.3, -0.25) is 9.36 Å². The fourth-order valence-electron chi connectivity index (χ4n) is 4.44. The predicted octanol–water partition coefficient (Wildman–Crippen LogP) is 5.25. The molecule has 3 aromatic rings. The van der Waals surface area contributed by atoms with Gasteiger partial charge in [0.15, 0.2) is 16.3 Å². The van der Waals surface area contributed by atoms with Crippen molar-refractivity contribution in [2.45, 2.75) is 46.8 Å². The quantitative estimate of drug-likeness (QED) is 0.225. The lowest BCUT2D eigenvalue weighted by Crippen LogP contribution is -2.40. The molecule has 212 valence electrons. The van der Waals surface area contributed by atoms with Crippen molar-refractivity contribution < 1.29 is 23.7 Å². The van der Waals surface area contributed by atoms with E-state index < -0.39 is 12.0 Å². The summed E-state index contributed by atoms with van der Waals surface area (Å²) in [5.41, 5.74) is 1.80. The highest BCUT2D eigenvalue weighted by molar-refractivity contribution is 14.1. The zero-order chi connectivity index (χ0) is 29.1. The number of rotatable bonds is 9. The maximum atomic E-state index is 14.0. The maximum absolute atomic E-state index is 14.0. The molecule has 0 amide bonds. The van der Waals surface area contributed by atoms with Gasteiger partial charge in [0.05, 0.1) is 51.8 Å². The first-order chi connectivity index (χ1) is 19.1. The summed E-state index contributed by atoms with van der Waals surface area (Å²) < 4.78 is 25.5. The molecule has 0 saturated carbocycles. The Morgan fingerprint density at radius 2 is 1.95 bits per heavy atom. The highest BCUT2D eigenvalue weighted by atomic mass is 127. The van der Waals surface area contributed by atoms with Crippen molar-refractivity contribution in [2.75, 3.05) is 20.3 Å². The summed E-state index contributed by atoms with van der Waals surface area (Å²) >= 11 is 9.74. The minimum Gasteiger partial charge on any atom is -0.493 e. The third-order valence-corrected chi connectivity index (χ3v) is 8.00. The van der Waals surface area contributed by atoms with Crippen LogP contribution in [0.5, 0.6) is 17.2 Å². The first-order valence-corrected chi connectivity index (χ1v) is 15.0. The SMILES string of the molecule is CCOC(=O)C1=C(C)N=c2s/c(=C/c3cc(Cl)cc(I)c3OCC)c(=O)n2[C@H]1c1ccc(OC(C)C)c(OC)c1. The lowest BCUT2D eigenvalue weighted by molar-refractivity contribution is -0.139. The maximum Gasteiger partial charge on any atom is 0.338 e. The normalized spacial score (nSPS) is 15.1. The number of halogens is 2. The molecule has 1 atom stereocenters. The number of ether oxygens (including phenoxy) is 4. The Bertz CT molecular complexity index is 1660. The summed E-state index contributed by atoms with van der Waals surface area (Å²) in [6, 6.07) is 8.17. The van der Waals surface area contributed by atoms with Gasteiger partial charge in [-0.25, -0.2) is 9.79 Å². The van der Waals surface area contributed by atoms with Gasteiger partial charge in [0.1, 0.15) is 5.75 Å². The van der Waals surface area contributed by atoms with Crippen molar-refractivity contribution in [1.29, 1.82) is 0 Å². The highest BCUT2D eigenvalue weighted by Crippen LogP contribution is 2.37. The van der Waals surface area contributed by atoms with E-state index in [1.54, 1.807) is 51.3 Å². The highest BCUT2D eigenvalue weighted by Gasteiger charge is 2.34. The number of allylic oxidation sites excluding steroid dienone is 1. The fourth-order valence-corrected chi connectivity index (χ4v) is 6.69. The monoisotopic (exact) mass is 696 g/mol. The molecule has 1 aliphatic rings. The van der Waals surface area contributed by atoms with Gasteiger partial charge >= 0.3 is 5.97 Å². The minimum atomic E-state index is -0.787. The number of methoxy groups -OCH3 is 1. The zero-order valence-electron chi connectivity index (χ0n) is 23.0. The predicted molar refractivity (Wildman–Crippen MR) is 164 cm³/mol. The third-order valence-electron chi connectivity index (χ3n) is 6.00.